The Hall–Kier alpha value is -1.07. The molecule has 1 aromatic carbocycles. The molecule has 1 aromatic rings. The number of hydrogen-bond acceptors (Lipinski definition) is 2. The second-order valence-electron chi connectivity index (χ2n) is 4.22. The highest BCUT2D eigenvalue weighted by molar-refractivity contribution is 9.10. The molecule has 1 amide bonds. The van der Waals surface area contributed by atoms with Crippen molar-refractivity contribution in [1.29, 1.82) is 0 Å². The number of carbonyl (C=O) groups is 1. The Bertz CT molecular complexity index is 468. The fourth-order valence-corrected chi connectivity index (χ4v) is 2.80. The van der Waals surface area contributed by atoms with Gasteiger partial charge >= 0.3 is 6.09 Å². The van der Waals surface area contributed by atoms with Gasteiger partial charge in [0.25, 0.3) is 0 Å². The van der Waals surface area contributed by atoms with Crippen LogP contribution in [0.25, 0.3) is 0 Å². The molecule has 0 atom stereocenters. The summed E-state index contributed by atoms with van der Waals surface area (Å²) in [5.74, 6) is 0. The normalized spacial score (nSPS) is 20.7. The highest BCUT2D eigenvalue weighted by Crippen LogP contribution is 2.43. The highest BCUT2D eigenvalue weighted by Gasteiger charge is 2.51. The lowest BCUT2D eigenvalue weighted by molar-refractivity contribution is -0.129. The first-order valence-electron chi connectivity index (χ1n) is 5.01. The van der Waals surface area contributed by atoms with Crippen LogP contribution in [0.15, 0.2) is 22.7 Å². The van der Waals surface area contributed by atoms with Crippen LogP contribution in [0, 0.1) is 0 Å². The van der Waals surface area contributed by atoms with Crippen molar-refractivity contribution >= 4 is 22.0 Å². The van der Waals surface area contributed by atoms with Gasteiger partial charge in [0, 0.05) is 4.47 Å². The summed E-state index contributed by atoms with van der Waals surface area (Å²) in [6.45, 7) is 1.45. The van der Waals surface area contributed by atoms with Gasteiger partial charge in [0.05, 0.1) is 19.7 Å². The van der Waals surface area contributed by atoms with Crippen molar-refractivity contribution in [2.24, 2.45) is 0 Å². The van der Waals surface area contributed by atoms with Crippen molar-refractivity contribution in [3.63, 3.8) is 0 Å². The molecule has 0 bridgehead atoms. The van der Waals surface area contributed by atoms with E-state index in [4.69, 9.17) is 9.84 Å². The van der Waals surface area contributed by atoms with Gasteiger partial charge in [-0.3, -0.25) is 0 Å². The summed E-state index contributed by atoms with van der Waals surface area (Å²) in [4.78, 5) is 12.1. The standard InChI is InChI=1S/C11H10BrNO3/c12-8-1-2-9-7(3-8)4-16-11(9)5-13(6-11)10(14)15/h1-3H,4-6H2,(H,14,15). The second kappa shape index (κ2) is 3.21. The fourth-order valence-electron chi connectivity index (χ4n) is 2.39. The van der Waals surface area contributed by atoms with E-state index in [1.807, 2.05) is 18.2 Å². The van der Waals surface area contributed by atoms with Crippen LogP contribution in [0.4, 0.5) is 4.79 Å². The van der Waals surface area contributed by atoms with E-state index in [2.05, 4.69) is 15.9 Å². The Kier molecular flexibility index (Phi) is 2.03. The Morgan fingerprint density at radius 2 is 2.25 bits per heavy atom. The van der Waals surface area contributed by atoms with Crippen LogP contribution in [-0.2, 0) is 16.9 Å². The van der Waals surface area contributed by atoms with E-state index in [9.17, 15) is 4.79 Å². The first kappa shape index (κ1) is 10.1. The van der Waals surface area contributed by atoms with Gasteiger partial charge in [-0.2, -0.15) is 0 Å². The molecule has 16 heavy (non-hydrogen) atoms. The summed E-state index contributed by atoms with van der Waals surface area (Å²) >= 11 is 3.42. The Morgan fingerprint density at radius 1 is 1.50 bits per heavy atom. The number of carboxylic acid groups (broad SMARTS) is 1. The first-order chi connectivity index (χ1) is 7.61. The topological polar surface area (TPSA) is 49.8 Å². The maximum atomic E-state index is 10.8. The molecular weight excluding hydrogens is 274 g/mol. The van der Waals surface area contributed by atoms with Gasteiger partial charge < -0.3 is 14.7 Å². The van der Waals surface area contributed by atoms with Crippen LogP contribution in [0.2, 0.25) is 0 Å². The van der Waals surface area contributed by atoms with E-state index in [1.54, 1.807) is 0 Å². The lowest BCUT2D eigenvalue weighted by Gasteiger charge is -2.45. The van der Waals surface area contributed by atoms with Crippen LogP contribution >= 0.6 is 15.9 Å². The van der Waals surface area contributed by atoms with Crippen molar-refractivity contribution in [3.8, 4) is 0 Å². The lowest BCUT2D eigenvalue weighted by atomic mass is 9.86. The van der Waals surface area contributed by atoms with Crippen molar-refractivity contribution in [1.82, 2.24) is 4.90 Å². The van der Waals surface area contributed by atoms with Crippen molar-refractivity contribution < 1.29 is 14.6 Å². The van der Waals surface area contributed by atoms with Crippen LogP contribution in [0.1, 0.15) is 11.1 Å². The monoisotopic (exact) mass is 283 g/mol. The lowest BCUT2D eigenvalue weighted by Crippen LogP contribution is -2.60. The predicted molar refractivity (Wildman–Crippen MR) is 60.2 cm³/mol. The Balaban J connectivity index is 1.91. The van der Waals surface area contributed by atoms with Gasteiger partial charge in [0.2, 0.25) is 0 Å². The summed E-state index contributed by atoms with van der Waals surface area (Å²) in [5.41, 5.74) is 1.90. The molecule has 0 unspecified atom stereocenters. The first-order valence-corrected chi connectivity index (χ1v) is 5.81. The maximum Gasteiger partial charge on any atom is 0.407 e. The minimum absolute atomic E-state index is 0.381. The van der Waals surface area contributed by atoms with E-state index >= 15 is 0 Å². The molecule has 1 spiro atoms. The minimum atomic E-state index is -0.875. The van der Waals surface area contributed by atoms with E-state index in [1.165, 1.54) is 4.90 Å². The molecule has 0 saturated carbocycles. The fraction of sp³-hybridized carbons (Fsp3) is 0.364. The van der Waals surface area contributed by atoms with E-state index in [0.717, 1.165) is 15.6 Å². The molecule has 5 heteroatoms. The molecule has 0 aliphatic carbocycles. The van der Waals surface area contributed by atoms with Crippen molar-refractivity contribution in [3.05, 3.63) is 33.8 Å². The smallest absolute Gasteiger partial charge is 0.407 e. The predicted octanol–water partition coefficient (Wildman–Crippen LogP) is 2.17. The second-order valence-corrected chi connectivity index (χ2v) is 5.14. The third-order valence-electron chi connectivity index (χ3n) is 3.23. The average molecular weight is 284 g/mol. The zero-order valence-corrected chi connectivity index (χ0v) is 10.0. The largest absolute Gasteiger partial charge is 0.465 e. The zero-order chi connectivity index (χ0) is 11.3. The molecule has 1 fully saturated rings. The van der Waals surface area contributed by atoms with Gasteiger partial charge in [0.15, 0.2) is 0 Å². The number of halogens is 1. The van der Waals surface area contributed by atoms with Gasteiger partial charge in [-0.15, -0.1) is 0 Å². The number of fused-ring (bicyclic) bond motifs is 2. The SMILES string of the molecule is O=C(O)N1CC2(C1)OCc1cc(Br)ccc12. The third-order valence-corrected chi connectivity index (χ3v) is 3.72. The Morgan fingerprint density at radius 3 is 2.94 bits per heavy atom. The van der Waals surface area contributed by atoms with Crippen molar-refractivity contribution in [2.45, 2.75) is 12.2 Å². The van der Waals surface area contributed by atoms with Crippen molar-refractivity contribution in [2.75, 3.05) is 13.1 Å². The van der Waals surface area contributed by atoms with E-state index in [0.29, 0.717) is 19.7 Å². The molecule has 1 N–H and O–H groups in total. The molecule has 2 aliphatic heterocycles. The maximum absolute atomic E-state index is 10.8. The highest BCUT2D eigenvalue weighted by atomic mass is 79.9. The number of likely N-dealkylation sites (tertiary alicyclic amines) is 1. The third kappa shape index (κ3) is 1.28. The molecule has 1 saturated heterocycles. The van der Waals surface area contributed by atoms with Gasteiger partial charge in [0.1, 0.15) is 5.60 Å². The molecule has 3 rings (SSSR count). The number of benzene rings is 1. The summed E-state index contributed by atoms with van der Waals surface area (Å²) in [7, 11) is 0. The van der Waals surface area contributed by atoms with Gasteiger partial charge in [-0.1, -0.05) is 22.0 Å². The summed E-state index contributed by atoms with van der Waals surface area (Å²) in [6.07, 6.45) is -0.875. The van der Waals surface area contributed by atoms with Gasteiger partial charge in [-0.25, -0.2) is 4.79 Å². The average Bonchev–Trinajstić information content (AvgIpc) is 2.53. The molecule has 0 radical (unpaired) electrons. The number of amides is 1. The summed E-state index contributed by atoms with van der Waals surface area (Å²) < 4.78 is 6.79. The molecule has 0 aromatic heterocycles. The molecule has 2 aliphatic rings. The minimum Gasteiger partial charge on any atom is -0.465 e. The van der Waals surface area contributed by atoms with Gasteiger partial charge in [-0.05, 0) is 23.3 Å². The number of nitrogens with zero attached hydrogens (tertiary/aromatic N) is 1. The van der Waals surface area contributed by atoms with E-state index < -0.39 is 6.09 Å². The van der Waals surface area contributed by atoms with E-state index in [-0.39, 0.29) is 5.60 Å². The van der Waals surface area contributed by atoms with Crippen LogP contribution in [0.5, 0.6) is 0 Å². The molecule has 4 nitrogen and oxygen atoms in total. The number of hydrogen-bond donors (Lipinski definition) is 1. The summed E-state index contributed by atoms with van der Waals surface area (Å²) in [5, 5.41) is 8.83. The number of ether oxygens (including phenoxy) is 1. The van der Waals surface area contributed by atoms with Crippen LogP contribution in [-0.4, -0.2) is 29.2 Å². The summed E-state index contributed by atoms with van der Waals surface area (Å²) in [6, 6.07) is 6.03. The zero-order valence-electron chi connectivity index (χ0n) is 8.44. The van der Waals surface area contributed by atoms with Crippen LogP contribution < -0.4 is 0 Å². The Labute approximate surface area is 101 Å². The molecule has 84 valence electrons. The molecule has 2 heterocycles. The van der Waals surface area contributed by atoms with Crippen LogP contribution in [0.3, 0.4) is 0 Å². The quantitative estimate of drug-likeness (QED) is 0.794. The molecular formula is C11H10BrNO3. The number of rotatable bonds is 0.